The van der Waals surface area contributed by atoms with Crippen molar-refractivity contribution in [3.8, 4) is 0 Å². The molecule has 1 amide bonds. The summed E-state index contributed by atoms with van der Waals surface area (Å²) in [5.41, 5.74) is 2.03. The number of hydrogen-bond acceptors (Lipinski definition) is 1. The van der Waals surface area contributed by atoms with Crippen molar-refractivity contribution in [3.05, 3.63) is 28.8 Å². The van der Waals surface area contributed by atoms with Gasteiger partial charge in [0.1, 0.15) is 0 Å². The number of carbonyl (C=O) groups is 1. The molecule has 1 aliphatic heterocycles. The highest BCUT2D eigenvalue weighted by atomic mass is 35.5. The van der Waals surface area contributed by atoms with Crippen molar-refractivity contribution >= 4 is 23.2 Å². The Bertz CT molecular complexity index is 440. The lowest BCUT2D eigenvalue weighted by Gasteiger charge is -2.27. The van der Waals surface area contributed by atoms with E-state index in [-0.39, 0.29) is 11.8 Å². The standard InChI is InChI=1S/C13H14ClNO/c14-9-4-5-12-10(7-9)11(13(16)15-12)6-8-2-1-3-8/h4-5,7-8,11H,1-3,6H2,(H,15,16). The summed E-state index contributed by atoms with van der Waals surface area (Å²) in [7, 11) is 0. The summed E-state index contributed by atoms with van der Waals surface area (Å²) < 4.78 is 0. The van der Waals surface area contributed by atoms with Gasteiger partial charge in [-0.05, 0) is 36.1 Å². The summed E-state index contributed by atoms with van der Waals surface area (Å²) in [4.78, 5) is 11.9. The minimum absolute atomic E-state index is 0.0269. The molecule has 2 aliphatic rings. The molecule has 0 bridgehead atoms. The summed E-state index contributed by atoms with van der Waals surface area (Å²) in [6.07, 6.45) is 4.86. The minimum Gasteiger partial charge on any atom is -0.325 e. The van der Waals surface area contributed by atoms with E-state index in [0.717, 1.165) is 23.6 Å². The van der Waals surface area contributed by atoms with Gasteiger partial charge in [-0.2, -0.15) is 0 Å². The molecule has 1 aromatic carbocycles. The van der Waals surface area contributed by atoms with Crippen LogP contribution in [0, 0.1) is 5.92 Å². The first kappa shape index (κ1) is 10.2. The maximum atomic E-state index is 11.9. The third-order valence-corrected chi connectivity index (χ3v) is 3.99. The Labute approximate surface area is 100.0 Å². The first-order valence-electron chi connectivity index (χ1n) is 5.84. The highest BCUT2D eigenvalue weighted by Gasteiger charge is 2.34. The van der Waals surface area contributed by atoms with Crippen LogP contribution in [0.25, 0.3) is 0 Å². The minimum atomic E-state index is 0.0269. The van der Waals surface area contributed by atoms with Gasteiger partial charge in [-0.25, -0.2) is 0 Å². The smallest absolute Gasteiger partial charge is 0.232 e. The van der Waals surface area contributed by atoms with E-state index >= 15 is 0 Å². The van der Waals surface area contributed by atoms with Gasteiger partial charge in [0, 0.05) is 10.7 Å². The van der Waals surface area contributed by atoms with E-state index in [1.165, 1.54) is 19.3 Å². The van der Waals surface area contributed by atoms with Crippen LogP contribution in [0.2, 0.25) is 5.02 Å². The van der Waals surface area contributed by atoms with Crippen molar-refractivity contribution in [1.82, 2.24) is 0 Å². The van der Waals surface area contributed by atoms with Crippen LogP contribution in [0.3, 0.4) is 0 Å². The van der Waals surface area contributed by atoms with Gasteiger partial charge in [-0.3, -0.25) is 4.79 Å². The Morgan fingerprint density at radius 1 is 1.38 bits per heavy atom. The van der Waals surface area contributed by atoms with Gasteiger partial charge < -0.3 is 5.32 Å². The maximum absolute atomic E-state index is 11.9. The Kier molecular flexibility index (Phi) is 2.40. The molecule has 0 radical (unpaired) electrons. The van der Waals surface area contributed by atoms with Crippen LogP contribution in [0.1, 0.15) is 37.2 Å². The lowest BCUT2D eigenvalue weighted by Crippen LogP contribution is -2.19. The van der Waals surface area contributed by atoms with Crippen molar-refractivity contribution < 1.29 is 4.79 Å². The van der Waals surface area contributed by atoms with Gasteiger partial charge in [0.15, 0.2) is 0 Å². The first-order valence-corrected chi connectivity index (χ1v) is 6.22. The molecule has 0 aromatic heterocycles. The van der Waals surface area contributed by atoms with E-state index in [1.54, 1.807) is 0 Å². The fourth-order valence-electron chi connectivity index (χ4n) is 2.59. The molecule has 1 aliphatic carbocycles. The van der Waals surface area contributed by atoms with Crippen molar-refractivity contribution in [2.24, 2.45) is 5.92 Å². The zero-order valence-corrected chi connectivity index (χ0v) is 9.76. The number of fused-ring (bicyclic) bond motifs is 1. The predicted molar refractivity (Wildman–Crippen MR) is 64.8 cm³/mol. The third-order valence-electron chi connectivity index (χ3n) is 3.76. The van der Waals surface area contributed by atoms with Crippen molar-refractivity contribution in [1.29, 1.82) is 0 Å². The highest BCUT2D eigenvalue weighted by molar-refractivity contribution is 6.31. The van der Waals surface area contributed by atoms with Crippen LogP contribution >= 0.6 is 11.6 Å². The molecule has 1 N–H and O–H groups in total. The molecule has 16 heavy (non-hydrogen) atoms. The van der Waals surface area contributed by atoms with Gasteiger partial charge >= 0.3 is 0 Å². The van der Waals surface area contributed by atoms with Crippen molar-refractivity contribution in [3.63, 3.8) is 0 Å². The largest absolute Gasteiger partial charge is 0.325 e. The summed E-state index contributed by atoms with van der Waals surface area (Å²) in [6.45, 7) is 0. The number of halogens is 1. The van der Waals surface area contributed by atoms with Crippen LogP contribution in [0.4, 0.5) is 5.69 Å². The van der Waals surface area contributed by atoms with E-state index in [9.17, 15) is 4.79 Å². The fraction of sp³-hybridized carbons (Fsp3) is 0.462. The average Bonchev–Trinajstić information content (AvgIpc) is 2.48. The van der Waals surface area contributed by atoms with E-state index in [2.05, 4.69) is 5.32 Å². The Morgan fingerprint density at radius 3 is 2.88 bits per heavy atom. The normalized spacial score (nSPS) is 23.8. The number of amides is 1. The number of nitrogens with one attached hydrogen (secondary N) is 1. The monoisotopic (exact) mass is 235 g/mol. The first-order chi connectivity index (χ1) is 7.74. The quantitative estimate of drug-likeness (QED) is 0.834. The summed E-state index contributed by atoms with van der Waals surface area (Å²) in [6, 6.07) is 5.65. The van der Waals surface area contributed by atoms with E-state index in [4.69, 9.17) is 11.6 Å². The number of anilines is 1. The summed E-state index contributed by atoms with van der Waals surface area (Å²) in [5.74, 6) is 0.906. The lowest BCUT2D eigenvalue weighted by molar-refractivity contribution is -0.117. The summed E-state index contributed by atoms with van der Waals surface area (Å²) >= 11 is 5.98. The van der Waals surface area contributed by atoms with E-state index in [0.29, 0.717) is 5.02 Å². The molecule has 1 heterocycles. The molecule has 0 saturated heterocycles. The van der Waals surface area contributed by atoms with Crippen molar-refractivity contribution in [2.75, 3.05) is 5.32 Å². The topological polar surface area (TPSA) is 29.1 Å². The SMILES string of the molecule is O=C1Nc2ccc(Cl)cc2C1CC1CCC1. The number of rotatable bonds is 2. The molecule has 1 fully saturated rings. The van der Waals surface area contributed by atoms with Crippen LogP contribution < -0.4 is 5.32 Å². The third kappa shape index (κ3) is 1.61. The van der Waals surface area contributed by atoms with Gasteiger partial charge in [0.05, 0.1) is 5.92 Å². The molecular weight excluding hydrogens is 222 g/mol. The van der Waals surface area contributed by atoms with E-state index in [1.807, 2.05) is 18.2 Å². The van der Waals surface area contributed by atoms with Gasteiger partial charge in [-0.1, -0.05) is 30.9 Å². The Balaban J connectivity index is 1.88. The zero-order chi connectivity index (χ0) is 11.1. The second-order valence-electron chi connectivity index (χ2n) is 4.81. The number of benzene rings is 1. The van der Waals surface area contributed by atoms with Gasteiger partial charge in [0.25, 0.3) is 0 Å². The van der Waals surface area contributed by atoms with Gasteiger partial charge in [-0.15, -0.1) is 0 Å². The van der Waals surface area contributed by atoms with Crippen LogP contribution in [-0.2, 0) is 4.79 Å². The molecule has 1 saturated carbocycles. The summed E-state index contributed by atoms with van der Waals surface area (Å²) in [5, 5.41) is 3.65. The molecule has 3 heteroatoms. The average molecular weight is 236 g/mol. The predicted octanol–water partition coefficient (Wildman–Crippen LogP) is 3.57. The second-order valence-corrected chi connectivity index (χ2v) is 5.24. The van der Waals surface area contributed by atoms with E-state index < -0.39 is 0 Å². The highest BCUT2D eigenvalue weighted by Crippen LogP contribution is 2.42. The lowest BCUT2D eigenvalue weighted by atomic mass is 9.77. The second kappa shape index (κ2) is 3.77. The Morgan fingerprint density at radius 2 is 2.19 bits per heavy atom. The molecule has 2 nitrogen and oxygen atoms in total. The maximum Gasteiger partial charge on any atom is 0.232 e. The molecule has 0 spiro atoms. The molecule has 1 aromatic rings. The van der Waals surface area contributed by atoms with Crippen molar-refractivity contribution in [2.45, 2.75) is 31.6 Å². The zero-order valence-electron chi connectivity index (χ0n) is 9.00. The van der Waals surface area contributed by atoms with Crippen LogP contribution in [0.15, 0.2) is 18.2 Å². The molecule has 84 valence electrons. The number of carbonyl (C=O) groups excluding carboxylic acids is 1. The molecule has 3 rings (SSSR count). The number of hydrogen-bond donors (Lipinski definition) is 1. The van der Waals surface area contributed by atoms with Crippen LogP contribution in [-0.4, -0.2) is 5.91 Å². The molecular formula is C13H14ClNO. The molecule has 1 unspecified atom stereocenters. The Hall–Kier alpha value is -1.02. The molecule has 1 atom stereocenters. The fourth-order valence-corrected chi connectivity index (χ4v) is 2.77. The van der Waals surface area contributed by atoms with Crippen LogP contribution in [0.5, 0.6) is 0 Å². The van der Waals surface area contributed by atoms with Gasteiger partial charge in [0.2, 0.25) is 5.91 Å².